The molecule has 0 saturated carbocycles. The molecule has 0 atom stereocenters. The van der Waals surface area contributed by atoms with E-state index in [1.165, 1.54) is 11.3 Å². The second-order valence-electron chi connectivity index (χ2n) is 7.01. The molecule has 0 aliphatic carbocycles. The number of hydrogen-bond donors (Lipinski definition) is 1. The number of halogens is 1. The number of thiazole rings is 1. The normalized spacial score (nSPS) is 10.7. The van der Waals surface area contributed by atoms with E-state index in [2.05, 4.69) is 33.2 Å². The predicted octanol–water partition coefficient (Wildman–Crippen LogP) is 6.72. The molecule has 3 aromatic rings. The molecule has 0 saturated heterocycles. The highest BCUT2D eigenvalue weighted by Crippen LogP contribution is 2.30. The lowest BCUT2D eigenvalue weighted by Crippen LogP contribution is -2.12. The Morgan fingerprint density at radius 2 is 1.90 bits per heavy atom. The molecule has 0 bridgehead atoms. The summed E-state index contributed by atoms with van der Waals surface area (Å²) < 4.78 is 12.6. The number of aromatic nitrogens is 1. The highest BCUT2D eigenvalue weighted by atomic mass is 79.9. The average molecular weight is 503 g/mol. The maximum atomic E-state index is 12.4. The van der Waals surface area contributed by atoms with Crippen molar-refractivity contribution < 1.29 is 14.3 Å². The van der Waals surface area contributed by atoms with Crippen LogP contribution in [0.25, 0.3) is 11.3 Å². The Kier molecular flexibility index (Phi) is 8.91. The lowest BCUT2D eigenvalue weighted by molar-refractivity contribution is -0.116. The van der Waals surface area contributed by atoms with Crippen LogP contribution < -0.4 is 14.8 Å². The zero-order valence-electron chi connectivity index (χ0n) is 17.8. The second kappa shape index (κ2) is 11.9. The number of nitrogens with one attached hydrogen (secondary N) is 1. The number of aryl methyl sites for hydroxylation is 1. The van der Waals surface area contributed by atoms with E-state index in [1.807, 2.05) is 54.8 Å². The van der Waals surface area contributed by atoms with Crippen LogP contribution in [-0.4, -0.2) is 24.1 Å². The zero-order chi connectivity index (χ0) is 22.1. The van der Waals surface area contributed by atoms with Gasteiger partial charge in [0.05, 0.1) is 18.9 Å². The maximum absolute atomic E-state index is 12.4. The summed E-state index contributed by atoms with van der Waals surface area (Å²) in [6.45, 7) is 5.33. The predicted molar refractivity (Wildman–Crippen MR) is 130 cm³/mol. The molecule has 0 spiro atoms. The van der Waals surface area contributed by atoms with Crippen molar-refractivity contribution >= 4 is 38.3 Å². The molecule has 5 nitrogen and oxygen atoms in total. The number of hydrogen-bond acceptors (Lipinski definition) is 5. The maximum Gasteiger partial charge on any atom is 0.226 e. The monoisotopic (exact) mass is 502 g/mol. The topological polar surface area (TPSA) is 60.5 Å². The number of rotatable bonds is 11. The summed E-state index contributed by atoms with van der Waals surface area (Å²) in [7, 11) is 0. The molecule has 1 aromatic heterocycles. The molecular formula is C24H27BrN2O3S. The van der Waals surface area contributed by atoms with Crippen LogP contribution in [0.1, 0.15) is 38.7 Å². The molecule has 1 amide bonds. The van der Waals surface area contributed by atoms with Gasteiger partial charge in [0, 0.05) is 21.8 Å². The summed E-state index contributed by atoms with van der Waals surface area (Å²) in [5.74, 6) is 1.43. The van der Waals surface area contributed by atoms with Crippen molar-refractivity contribution in [3.05, 3.63) is 57.9 Å². The van der Waals surface area contributed by atoms with Gasteiger partial charge in [-0.2, -0.15) is 0 Å². The highest BCUT2D eigenvalue weighted by molar-refractivity contribution is 9.10. The lowest BCUT2D eigenvalue weighted by atomic mass is 10.1. The molecule has 0 aliphatic heterocycles. The van der Waals surface area contributed by atoms with Crippen molar-refractivity contribution in [2.45, 2.75) is 39.5 Å². The Labute approximate surface area is 195 Å². The third-order valence-electron chi connectivity index (χ3n) is 4.59. The summed E-state index contributed by atoms with van der Waals surface area (Å²) >= 11 is 4.86. The summed E-state index contributed by atoms with van der Waals surface area (Å²) in [6.07, 6.45) is 3.08. The molecule has 7 heteroatoms. The number of benzene rings is 2. The van der Waals surface area contributed by atoms with Gasteiger partial charge in [-0.15, -0.1) is 11.3 Å². The van der Waals surface area contributed by atoms with Gasteiger partial charge in [-0.3, -0.25) is 4.79 Å². The standard InChI is InChI=1S/C24H27BrN2O3S/c1-3-5-14-30-21-12-6-17(15-22(21)29-4-2)7-13-23(28)27-24-26-20(16-31-24)18-8-10-19(25)11-9-18/h6,8-12,15-16H,3-5,7,13-14H2,1-2H3,(H,26,27,28). The van der Waals surface area contributed by atoms with Gasteiger partial charge < -0.3 is 14.8 Å². The first-order valence-electron chi connectivity index (χ1n) is 10.5. The van der Waals surface area contributed by atoms with Gasteiger partial charge in [-0.1, -0.05) is 47.5 Å². The number of carbonyl (C=O) groups is 1. The molecule has 3 rings (SSSR count). The van der Waals surface area contributed by atoms with E-state index in [9.17, 15) is 4.79 Å². The molecule has 0 unspecified atom stereocenters. The average Bonchev–Trinajstić information content (AvgIpc) is 3.23. The summed E-state index contributed by atoms with van der Waals surface area (Å²) in [5, 5.41) is 5.46. The first kappa shape index (κ1) is 23.3. The van der Waals surface area contributed by atoms with E-state index in [-0.39, 0.29) is 5.91 Å². The Morgan fingerprint density at radius 1 is 1.10 bits per heavy atom. The van der Waals surface area contributed by atoms with Gasteiger partial charge in [0.2, 0.25) is 5.91 Å². The van der Waals surface area contributed by atoms with Crippen LogP contribution >= 0.6 is 27.3 Å². The number of unbranched alkanes of at least 4 members (excludes halogenated alkanes) is 1. The molecule has 31 heavy (non-hydrogen) atoms. The number of anilines is 1. The molecule has 0 fully saturated rings. The molecule has 2 aromatic carbocycles. The van der Waals surface area contributed by atoms with Crippen LogP contribution in [0, 0.1) is 0 Å². The first-order valence-corrected chi connectivity index (χ1v) is 12.2. The third kappa shape index (κ3) is 7.08. The van der Waals surface area contributed by atoms with Crippen LogP contribution in [0.5, 0.6) is 11.5 Å². The van der Waals surface area contributed by atoms with Crippen LogP contribution in [0.3, 0.4) is 0 Å². The van der Waals surface area contributed by atoms with Gasteiger partial charge >= 0.3 is 0 Å². The Balaban J connectivity index is 1.55. The largest absolute Gasteiger partial charge is 0.490 e. The van der Waals surface area contributed by atoms with Crippen molar-refractivity contribution in [2.75, 3.05) is 18.5 Å². The van der Waals surface area contributed by atoms with E-state index in [0.29, 0.717) is 31.2 Å². The van der Waals surface area contributed by atoms with Crippen molar-refractivity contribution in [3.8, 4) is 22.8 Å². The number of carbonyl (C=O) groups excluding carboxylic acids is 1. The fourth-order valence-corrected chi connectivity index (χ4v) is 3.95. The Hall–Kier alpha value is -2.38. The fourth-order valence-electron chi connectivity index (χ4n) is 2.95. The highest BCUT2D eigenvalue weighted by Gasteiger charge is 2.11. The summed E-state index contributed by atoms with van der Waals surface area (Å²) in [6, 6.07) is 13.8. The van der Waals surface area contributed by atoms with Crippen LogP contribution in [0.15, 0.2) is 52.3 Å². The van der Waals surface area contributed by atoms with Gasteiger partial charge in [-0.05, 0) is 49.6 Å². The SMILES string of the molecule is CCCCOc1ccc(CCC(=O)Nc2nc(-c3ccc(Br)cc3)cs2)cc1OCC. The minimum Gasteiger partial charge on any atom is -0.490 e. The van der Waals surface area contributed by atoms with Crippen molar-refractivity contribution in [1.29, 1.82) is 0 Å². The van der Waals surface area contributed by atoms with E-state index in [0.717, 1.165) is 45.6 Å². The van der Waals surface area contributed by atoms with E-state index in [1.54, 1.807) is 0 Å². The molecular weight excluding hydrogens is 476 g/mol. The summed E-state index contributed by atoms with van der Waals surface area (Å²) in [5.41, 5.74) is 2.91. The molecule has 0 aliphatic rings. The van der Waals surface area contributed by atoms with E-state index < -0.39 is 0 Å². The van der Waals surface area contributed by atoms with Crippen molar-refractivity contribution in [3.63, 3.8) is 0 Å². The number of nitrogens with zero attached hydrogens (tertiary/aromatic N) is 1. The van der Waals surface area contributed by atoms with Gasteiger partial charge in [0.15, 0.2) is 16.6 Å². The Morgan fingerprint density at radius 3 is 2.65 bits per heavy atom. The van der Waals surface area contributed by atoms with Crippen LogP contribution in [0.2, 0.25) is 0 Å². The second-order valence-corrected chi connectivity index (χ2v) is 8.78. The van der Waals surface area contributed by atoms with Crippen molar-refractivity contribution in [1.82, 2.24) is 4.98 Å². The summed E-state index contributed by atoms with van der Waals surface area (Å²) in [4.78, 5) is 16.9. The van der Waals surface area contributed by atoms with Gasteiger partial charge in [-0.25, -0.2) is 4.98 Å². The smallest absolute Gasteiger partial charge is 0.226 e. The van der Waals surface area contributed by atoms with Crippen LogP contribution in [-0.2, 0) is 11.2 Å². The first-order chi connectivity index (χ1) is 15.1. The minimum absolute atomic E-state index is 0.0575. The molecule has 164 valence electrons. The fraction of sp³-hybridized carbons (Fsp3) is 0.333. The zero-order valence-corrected chi connectivity index (χ0v) is 20.2. The van der Waals surface area contributed by atoms with E-state index in [4.69, 9.17) is 9.47 Å². The molecule has 0 radical (unpaired) electrons. The van der Waals surface area contributed by atoms with Gasteiger partial charge in [0.1, 0.15) is 0 Å². The van der Waals surface area contributed by atoms with Crippen LogP contribution in [0.4, 0.5) is 5.13 Å². The van der Waals surface area contributed by atoms with Crippen molar-refractivity contribution in [2.24, 2.45) is 0 Å². The molecule has 1 N–H and O–H groups in total. The molecule has 1 heterocycles. The number of amides is 1. The lowest BCUT2D eigenvalue weighted by Gasteiger charge is -2.13. The minimum atomic E-state index is -0.0575. The van der Waals surface area contributed by atoms with Gasteiger partial charge in [0.25, 0.3) is 0 Å². The number of ether oxygens (including phenoxy) is 2. The Bertz CT molecular complexity index is 989. The third-order valence-corrected chi connectivity index (χ3v) is 5.88. The van der Waals surface area contributed by atoms with E-state index >= 15 is 0 Å². The quantitative estimate of drug-likeness (QED) is 0.295.